The van der Waals surface area contributed by atoms with Crippen molar-refractivity contribution in [2.45, 2.75) is 52.9 Å². The molecular formula is C22H28N3O3P. The summed E-state index contributed by atoms with van der Waals surface area (Å²) in [6.45, 7) is 7.90. The predicted octanol–water partition coefficient (Wildman–Crippen LogP) is 4.86. The number of rotatable bonds is 9. The van der Waals surface area contributed by atoms with Crippen LogP contribution in [0.3, 0.4) is 0 Å². The number of hydrogen-bond acceptors (Lipinski definition) is 5. The molecular weight excluding hydrogens is 385 g/mol. The monoisotopic (exact) mass is 413 g/mol. The Morgan fingerprint density at radius 1 is 0.897 bits per heavy atom. The molecule has 0 saturated carbocycles. The van der Waals surface area contributed by atoms with Gasteiger partial charge >= 0.3 is 7.60 Å². The Morgan fingerprint density at radius 2 is 1.45 bits per heavy atom. The van der Waals surface area contributed by atoms with Crippen LogP contribution in [-0.4, -0.2) is 27.2 Å². The Morgan fingerprint density at radius 3 is 2.00 bits per heavy atom. The second-order valence-electron chi connectivity index (χ2n) is 7.39. The number of aryl methyl sites for hydroxylation is 2. The third-order valence-corrected chi connectivity index (χ3v) is 6.53. The fourth-order valence-electron chi connectivity index (χ4n) is 3.07. The zero-order valence-electron chi connectivity index (χ0n) is 17.4. The first-order chi connectivity index (χ1) is 13.9. The Kier molecular flexibility index (Phi) is 7.01. The molecule has 0 aliphatic rings. The van der Waals surface area contributed by atoms with Gasteiger partial charge in [-0.05, 0) is 39.7 Å². The molecule has 0 spiro atoms. The summed E-state index contributed by atoms with van der Waals surface area (Å²) in [6.07, 6.45) is 0.177. The summed E-state index contributed by atoms with van der Waals surface area (Å²) in [7, 11) is -3.66. The fraction of sp³-hybridized carbons (Fsp3) is 0.364. The van der Waals surface area contributed by atoms with E-state index >= 15 is 0 Å². The van der Waals surface area contributed by atoms with E-state index in [1.807, 2.05) is 76.2 Å². The Balaban J connectivity index is 2.06. The second kappa shape index (κ2) is 9.49. The van der Waals surface area contributed by atoms with Gasteiger partial charge in [-0.15, -0.1) is 5.10 Å². The molecule has 0 amide bonds. The Hall–Kier alpha value is -2.27. The van der Waals surface area contributed by atoms with Crippen LogP contribution in [0.1, 0.15) is 33.3 Å². The first-order valence-electron chi connectivity index (χ1n) is 9.89. The molecule has 3 rings (SSSR count). The van der Waals surface area contributed by atoms with Crippen molar-refractivity contribution in [3.63, 3.8) is 0 Å². The topological polar surface area (TPSA) is 66.2 Å². The molecule has 0 fully saturated rings. The maximum Gasteiger partial charge on any atom is 0.382 e. The van der Waals surface area contributed by atoms with Crippen LogP contribution in [-0.2, 0) is 26.6 Å². The van der Waals surface area contributed by atoms with Gasteiger partial charge in [0.1, 0.15) is 5.69 Å². The summed E-state index contributed by atoms with van der Waals surface area (Å²) in [6, 6.07) is 19.7. The van der Waals surface area contributed by atoms with Crippen LogP contribution in [0.25, 0.3) is 11.3 Å². The third-order valence-electron chi connectivity index (χ3n) is 4.17. The van der Waals surface area contributed by atoms with E-state index in [9.17, 15) is 4.57 Å². The van der Waals surface area contributed by atoms with Crippen LogP contribution in [0.5, 0.6) is 0 Å². The van der Waals surface area contributed by atoms with Crippen LogP contribution in [0.15, 0.2) is 60.7 Å². The number of benzene rings is 2. The summed E-state index contributed by atoms with van der Waals surface area (Å²) >= 11 is 0. The normalized spacial score (nSPS) is 12.1. The molecule has 0 bridgehead atoms. The van der Waals surface area contributed by atoms with Crippen molar-refractivity contribution < 1.29 is 13.6 Å². The smallest absolute Gasteiger partial charge is 0.301 e. The quantitative estimate of drug-likeness (QED) is 0.469. The standard InChI is InChI=1S/C22H28N3O3P/c1-17(2)27-29(26,28-18(3)4)22-21(20-13-9-6-10-14-20)23-24-25(22)16-15-19-11-7-5-8-12-19/h5-14,17-18H,15-16H2,1-4H3. The molecule has 1 heterocycles. The highest BCUT2D eigenvalue weighted by atomic mass is 31.2. The lowest BCUT2D eigenvalue weighted by molar-refractivity contribution is 0.149. The Bertz CT molecular complexity index is 942. The molecule has 1 aromatic heterocycles. The average molecular weight is 413 g/mol. The van der Waals surface area contributed by atoms with Crippen molar-refractivity contribution in [3.8, 4) is 11.3 Å². The van der Waals surface area contributed by atoms with Gasteiger partial charge in [-0.1, -0.05) is 65.9 Å². The van der Waals surface area contributed by atoms with E-state index in [-0.39, 0.29) is 12.2 Å². The minimum Gasteiger partial charge on any atom is -0.301 e. The van der Waals surface area contributed by atoms with E-state index in [0.717, 1.165) is 12.0 Å². The lowest BCUT2D eigenvalue weighted by Gasteiger charge is -2.24. The molecule has 0 unspecified atom stereocenters. The maximum absolute atomic E-state index is 14.0. The molecule has 0 saturated heterocycles. The molecule has 0 aliphatic heterocycles. The number of nitrogens with zero attached hydrogens (tertiary/aromatic N) is 3. The van der Waals surface area contributed by atoms with E-state index in [2.05, 4.69) is 22.4 Å². The van der Waals surface area contributed by atoms with Gasteiger partial charge in [0, 0.05) is 12.1 Å². The highest BCUT2D eigenvalue weighted by molar-refractivity contribution is 7.62. The molecule has 0 N–H and O–H groups in total. The van der Waals surface area contributed by atoms with Gasteiger partial charge in [0.15, 0.2) is 5.44 Å². The van der Waals surface area contributed by atoms with Crippen molar-refractivity contribution >= 4 is 13.0 Å². The zero-order valence-corrected chi connectivity index (χ0v) is 18.3. The highest BCUT2D eigenvalue weighted by Crippen LogP contribution is 2.51. The molecule has 3 aromatic rings. The van der Waals surface area contributed by atoms with E-state index in [4.69, 9.17) is 9.05 Å². The predicted molar refractivity (Wildman–Crippen MR) is 115 cm³/mol. The van der Waals surface area contributed by atoms with Crippen LogP contribution < -0.4 is 5.44 Å². The molecule has 6 nitrogen and oxygen atoms in total. The summed E-state index contributed by atoms with van der Waals surface area (Å²) in [5.41, 5.74) is 2.93. The van der Waals surface area contributed by atoms with Gasteiger partial charge in [-0.3, -0.25) is 4.57 Å². The minimum atomic E-state index is -3.66. The third kappa shape index (κ3) is 5.41. The molecule has 154 valence electrons. The van der Waals surface area contributed by atoms with Crippen molar-refractivity contribution in [3.05, 3.63) is 66.2 Å². The van der Waals surface area contributed by atoms with Gasteiger partial charge < -0.3 is 9.05 Å². The van der Waals surface area contributed by atoms with Crippen LogP contribution in [0.2, 0.25) is 0 Å². The first-order valence-corrected chi connectivity index (χ1v) is 11.4. The van der Waals surface area contributed by atoms with Crippen LogP contribution in [0, 0.1) is 0 Å². The number of hydrogen-bond donors (Lipinski definition) is 0. The summed E-state index contributed by atoms with van der Waals surface area (Å²) in [5, 5.41) is 8.68. The highest BCUT2D eigenvalue weighted by Gasteiger charge is 2.38. The maximum atomic E-state index is 14.0. The summed E-state index contributed by atoms with van der Waals surface area (Å²) < 4.78 is 27.4. The SMILES string of the molecule is CC(C)OP(=O)(OC(C)C)c1c(-c2ccccc2)nnn1CCc1ccccc1. The minimum absolute atomic E-state index is 0.277. The summed E-state index contributed by atoms with van der Waals surface area (Å²) in [5.74, 6) is 0. The van der Waals surface area contributed by atoms with Gasteiger partial charge in [0.25, 0.3) is 0 Å². The summed E-state index contributed by atoms with van der Waals surface area (Å²) in [4.78, 5) is 0. The molecule has 0 radical (unpaired) electrons. The van der Waals surface area contributed by atoms with Crippen molar-refractivity contribution in [2.75, 3.05) is 0 Å². The fourth-order valence-corrected chi connectivity index (χ4v) is 5.29. The first kappa shape index (κ1) is 21.4. The number of aromatic nitrogens is 3. The van der Waals surface area contributed by atoms with Gasteiger partial charge in [0.05, 0.1) is 12.2 Å². The molecule has 2 aromatic carbocycles. The average Bonchev–Trinajstić information content (AvgIpc) is 3.11. The van der Waals surface area contributed by atoms with Crippen LogP contribution >= 0.6 is 7.60 Å². The lowest BCUT2D eigenvalue weighted by Crippen LogP contribution is -2.26. The largest absolute Gasteiger partial charge is 0.382 e. The second-order valence-corrected chi connectivity index (χ2v) is 9.23. The molecule has 7 heteroatoms. The van der Waals surface area contributed by atoms with E-state index in [1.54, 1.807) is 4.68 Å². The molecule has 0 atom stereocenters. The van der Waals surface area contributed by atoms with Crippen molar-refractivity contribution in [1.82, 2.24) is 15.0 Å². The lowest BCUT2D eigenvalue weighted by atomic mass is 10.1. The molecule has 0 aliphatic carbocycles. The van der Waals surface area contributed by atoms with Gasteiger partial charge in [-0.2, -0.15) is 0 Å². The zero-order chi connectivity index (χ0) is 20.9. The molecule has 29 heavy (non-hydrogen) atoms. The van der Waals surface area contributed by atoms with E-state index in [0.29, 0.717) is 17.7 Å². The Labute approximate surface area is 172 Å². The van der Waals surface area contributed by atoms with Gasteiger partial charge in [-0.25, -0.2) is 4.68 Å². The van der Waals surface area contributed by atoms with E-state index in [1.165, 1.54) is 5.56 Å². The van der Waals surface area contributed by atoms with Crippen molar-refractivity contribution in [2.24, 2.45) is 0 Å². The van der Waals surface area contributed by atoms with E-state index < -0.39 is 7.60 Å². The van der Waals surface area contributed by atoms with Crippen LogP contribution in [0.4, 0.5) is 0 Å². The van der Waals surface area contributed by atoms with Crippen molar-refractivity contribution in [1.29, 1.82) is 0 Å². The van der Waals surface area contributed by atoms with Gasteiger partial charge in [0.2, 0.25) is 0 Å².